The lowest BCUT2D eigenvalue weighted by molar-refractivity contribution is 0.460. The largest absolute Gasteiger partial charge is 0.457 e. The fourth-order valence-electron chi connectivity index (χ4n) is 20.2. The van der Waals surface area contributed by atoms with Crippen LogP contribution < -0.4 is 24.2 Å². The van der Waals surface area contributed by atoms with Gasteiger partial charge in [0.2, 0.25) is 0 Å². The second kappa shape index (κ2) is 33.9. The minimum atomic E-state index is 0.852. The van der Waals surface area contributed by atoms with E-state index in [0.29, 0.717) is 0 Å². The van der Waals surface area contributed by atoms with Crippen LogP contribution in [0.4, 0.5) is 51.2 Å². The van der Waals surface area contributed by atoms with Crippen molar-refractivity contribution in [3.63, 3.8) is 0 Å². The molecule has 0 amide bonds. The highest BCUT2D eigenvalue weighted by Gasteiger charge is 2.30. The van der Waals surface area contributed by atoms with E-state index in [1.54, 1.807) is 0 Å². The van der Waals surface area contributed by atoms with Crippen molar-refractivity contribution in [2.24, 2.45) is 0 Å². The van der Waals surface area contributed by atoms with E-state index in [0.717, 1.165) is 106 Å². The molecule has 4 aliphatic carbocycles. The average Bonchev–Trinajstić information content (AvgIpc) is 1.39. The summed E-state index contributed by atoms with van der Waals surface area (Å²) < 4.78 is 17.1. The van der Waals surface area contributed by atoms with Crippen molar-refractivity contribution < 1.29 is 9.47 Å². The molecule has 6 aliphatic rings. The highest BCUT2D eigenvalue weighted by Crippen LogP contribution is 2.53. The van der Waals surface area contributed by atoms with Crippen molar-refractivity contribution in [1.29, 1.82) is 0 Å². The number of aromatic nitrogens is 5. The molecule has 10 heteroatoms. The molecule has 17 aromatic carbocycles. The zero-order valence-electron chi connectivity index (χ0n) is 72.3. The van der Waals surface area contributed by atoms with Crippen molar-refractivity contribution >= 4 is 94.8 Å². The Morgan fingerprint density at radius 2 is 0.553 bits per heavy atom. The first kappa shape index (κ1) is 78.3. The first-order chi connectivity index (χ1) is 65.5. The van der Waals surface area contributed by atoms with Crippen LogP contribution in [0.25, 0.3) is 99.5 Å². The maximum absolute atomic E-state index is 6.23. The molecule has 0 spiro atoms. The summed E-state index contributed by atoms with van der Waals surface area (Å²) >= 11 is 0. The fourth-order valence-corrected chi connectivity index (χ4v) is 20.2. The minimum absolute atomic E-state index is 0.852. The molecule has 0 fully saturated rings. The SMILES string of the molecule is c1ccc(N(c2ccccc2)c2ccc3c(c2)-c2cccnc2C3)cc1.c1ccc(N(c2ccccc2)c2ccc3c(c2)-c2cnccc2C3)cc1.c1ccc2c(c1)Cc1ccc(-n3c4ccccc4c4ccccc43)cc1-2.c1ccc2c(c1)Cc1ccc(N3c4ccccc4Oc4ccccc43)cc1O2.c1ccc2c(c1)c1ccccc1n2-c1ccc2c(c1)-c1cnccc1C2. The van der Waals surface area contributed by atoms with Gasteiger partial charge in [-0.25, -0.2) is 0 Å². The van der Waals surface area contributed by atoms with Gasteiger partial charge in [0.25, 0.3) is 0 Å². The van der Waals surface area contributed by atoms with Crippen LogP contribution in [0.3, 0.4) is 0 Å². The van der Waals surface area contributed by atoms with Crippen molar-refractivity contribution in [3.8, 4) is 78.9 Å². The summed E-state index contributed by atoms with van der Waals surface area (Å²) in [5.41, 5.74) is 41.3. The number of hydrogen-bond donors (Lipinski definition) is 0. The van der Waals surface area contributed by atoms with Crippen LogP contribution in [0.1, 0.15) is 55.8 Å². The summed E-state index contributed by atoms with van der Waals surface area (Å²) in [6.45, 7) is 0. The molecule has 7 heterocycles. The molecule has 2 aliphatic heterocycles. The summed E-state index contributed by atoms with van der Waals surface area (Å²) in [6.07, 6.45) is 14.5. The molecule has 0 saturated carbocycles. The Bertz CT molecular complexity index is 7550. The second-order valence-electron chi connectivity index (χ2n) is 34.1. The Labute approximate surface area is 766 Å². The Hall–Kier alpha value is -17.2. The normalized spacial score (nSPS) is 12.3. The summed E-state index contributed by atoms with van der Waals surface area (Å²) in [6, 6.07) is 152. The monoisotopic (exact) mass is 1690 g/mol. The van der Waals surface area contributed by atoms with Gasteiger partial charge >= 0.3 is 0 Å². The van der Waals surface area contributed by atoms with Crippen molar-refractivity contribution in [2.45, 2.75) is 32.1 Å². The van der Waals surface area contributed by atoms with Crippen LogP contribution in [0.2, 0.25) is 0 Å². The molecule has 0 saturated heterocycles. The Morgan fingerprint density at radius 3 is 1.05 bits per heavy atom. The maximum atomic E-state index is 6.23. The number of benzene rings is 17. The fraction of sp³-hybridized carbons (Fsp3) is 0.0410. The van der Waals surface area contributed by atoms with E-state index in [-0.39, 0.29) is 0 Å². The standard InChI is InChI=1S/C25H17NO2.C25H17N.C24H16N2.2C24H18N2/c1-4-10-22-17(7-1)15-18-13-14-19(16-25(18)27-22)26-20-8-2-5-11-23(20)28-24-12-6-3-9-21(24)26;1-2-8-20-17(7-1)15-18-13-14-19(16-23(18)20)26-24-11-5-3-9-21(24)22-10-4-6-12-25(22)26;1-3-7-23-19(5-1)20-6-2-4-8-24(20)26(23)18-10-9-16-13-17-11-12-25-15-22(17)21(16)14-18;1-3-8-19(9-4-1)26(20-10-5-2-6-11-20)21-14-13-18-16-24-22(23(18)17-21)12-7-15-25-24;1-3-7-20(8-4-1)26(21-9-5-2-6-10-21)22-12-11-18-15-19-13-14-25-17-24(19)23(18)16-22/h1-14,16H,15H2;1-14,16H,15H2;1-12,14-15H,13H2;1-15,17H,16H2;1-14,16-17H,15H2. The van der Waals surface area contributed by atoms with Crippen LogP contribution in [0, 0.1) is 0 Å². The number of fused-ring (bicyclic) bond motifs is 22. The van der Waals surface area contributed by atoms with Crippen LogP contribution in [0.5, 0.6) is 23.0 Å². The highest BCUT2D eigenvalue weighted by atomic mass is 16.5. The van der Waals surface area contributed by atoms with Gasteiger partial charge in [-0.05, 0) is 273 Å². The average molecular weight is 1700 g/mol. The highest BCUT2D eigenvalue weighted by molar-refractivity contribution is 6.11. The Morgan fingerprint density at radius 1 is 0.212 bits per heavy atom. The number of para-hydroxylation sites is 13. The number of pyridine rings is 3. The van der Waals surface area contributed by atoms with Crippen LogP contribution in [0.15, 0.2) is 462 Å². The molecular formula is C122H86N8O2. The van der Waals surface area contributed by atoms with Crippen molar-refractivity contribution in [2.75, 3.05) is 14.7 Å². The summed E-state index contributed by atoms with van der Waals surface area (Å²) in [5, 5.41) is 5.21. The van der Waals surface area contributed by atoms with Gasteiger partial charge < -0.3 is 33.3 Å². The van der Waals surface area contributed by atoms with E-state index in [4.69, 9.17) is 9.47 Å². The van der Waals surface area contributed by atoms with Crippen LogP contribution >= 0.6 is 0 Å². The number of anilines is 9. The van der Waals surface area contributed by atoms with Crippen molar-refractivity contribution in [3.05, 3.63) is 517 Å². The smallest absolute Gasteiger partial charge is 0.151 e. The number of nitrogens with zero attached hydrogens (tertiary/aromatic N) is 8. The number of ether oxygens (including phenoxy) is 2. The van der Waals surface area contributed by atoms with Gasteiger partial charge in [-0.15, -0.1) is 0 Å². The van der Waals surface area contributed by atoms with Crippen molar-refractivity contribution in [1.82, 2.24) is 24.1 Å². The number of rotatable bonds is 9. The minimum Gasteiger partial charge on any atom is -0.457 e. The van der Waals surface area contributed by atoms with E-state index >= 15 is 0 Å². The van der Waals surface area contributed by atoms with E-state index in [1.165, 1.54) is 155 Å². The first-order valence-electron chi connectivity index (χ1n) is 45.2. The van der Waals surface area contributed by atoms with Gasteiger partial charge in [0.15, 0.2) is 11.5 Å². The lowest BCUT2D eigenvalue weighted by atomic mass is 9.99. The van der Waals surface area contributed by atoms with E-state index in [2.05, 4.69) is 415 Å². The third kappa shape index (κ3) is 14.4. The van der Waals surface area contributed by atoms with Gasteiger partial charge in [0.1, 0.15) is 11.5 Å². The van der Waals surface area contributed by atoms with E-state index in [1.807, 2.05) is 85.6 Å². The topological polar surface area (TPSA) is 76.7 Å². The molecule has 0 N–H and O–H groups in total. The molecule has 0 radical (unpaired) electrons. The second-order valence-corrected chi connectivity index (χ2v) is 34.1. The van der Waals surface area contributed by atoms with Crippen LogP contribution in [-0.2, 0) is 32.1 Å². The zero-order valence-corrected chi connectivity index (χ0v) is 72.3. The molecule has 10 nitrogen and oxygen atoms in total. The predicted molar refractivity (Wildman–Crippen MR) is 541 cm³/mol. The van der Waals surface area contributed by atoms with Crippen LogP contribution in [-0.4, -0.2) is 24.1 Å². The lowest BCUT2D eigenvalue weighted by Gasteiger charge is -2.33. The Balaban J connectivity index is 0.0000000910. The first-order valence-corrected chi connectivity index (χ1v) is 45.2. The van der Waals surface area contributed by atoms with Gasteiger partial charge in [-0.1, -0.05) is 249 Å². The van der Waals surface area contributed by atoms with Gasteiger partial charge in [-0.3, -0.25) is 15.0 Å². The molecule has 626 valence electrons. The lowest BCUT2D eigenvalue weighted by Crippen LogP contribution is -2.16. The molecule has 22 aromatic rings. The maximum Gasteiger partial charge on any atom is 0.151 e. The third-order valence-corrected chi connectivity index (χ3v) is 26.3. The third-order valence-electron chi connectivity index (χ3n) is 26.3. The van der Waals surface area contributed by atoms with Gasteiger partial charge in [0, 0.05) is 134 Å². The molecule has 0 unspecified atom stereocenters. The quantitative estimate of drug-likeness (QED) is 0.141. The number of hydrogen-bond acceptors (Lipinski definition) is 8. The molecule has 5 aromatic heterocycles. The van der Waals surface area contributed by atoms with E-state index in [9.17, 15) is 0 Å². The summed E-state index contributed by atoms with van der Waals surface area (Å²) in [4.78, 5) is 20.1. The van der Waals surface area contributed by atoms with Gasteiger partial charge in [0.05, 0.1) is 44.8 Å². The summed E-state index contributed by atoms with van der Waals surface area (Å²) in [5.74, 6) is 3.56. The molecule has 0 bridgehead atoms. The molecule has 132 heavy (non-hydrogen) atoms. The molecule has 0 atom stereocenters. The summed E-state index contributed by atoms with van der Waals surface area (Å²) in [7, 11) is 0. The Kier molecular flexibility index (Phi) is 20.1. The predicted octanol–water partition coefficient (Wildman–Crippen LogP) is 31.3. The van der Waals surface area contributed by atoms with E-state index < -0.39 is 0 Å². The molecule has 28 rings (SSSR count). The zero-order chi connectivity index (χ0) is 87.4. The van der Waals surface area contributed by atoms with Gasteiger partial charge in [-0.2, -0.15) is 0 Å². The molecular weight excluding hydrogens is 1610 g/mol.